The molecule has 3 N–H and O–H groups in total. The number of amides is 1. The molecule has 20 heavy (non-hydrogen) atoms. The first-order valence-electron chi connectivity index (χ1n) is 6.54. The number of hydrogen-bond acceptors (Lipinski definition) is 2. The minimum absolute atomic E-state index is 0.0998. The molecule has 0 aliphatic heterocycles. The molecule has 104 valence electrons. The van der Waals surface area contributed by atoms with E-state index in [9.17, 15) is 4.79 Å². The second kappa shape index (κ2) is 7.10. The van der Waals surface area contributed by atoms with E-state index in [1.165, 1.54) is 5.56 Å². The van der Waals surface area contributed by atoms with Crippen LogP contribution in [0.15, 0.2) is 53.0 Å². The number of rotatable bonds is 5. The first-order chi connectivity index (χ1) is 9.68. The van der Waals surface area contributed by atoms with Gasteiger partial charge in [-0.1, -0.05) is 36.4 Å². The van der Waals surface area contributed by atoms with Crippen molar-refractivity contribution in [3.8, 4) is 0 Å². The van der Waals surface area contributed by atoms with Gasteiger partial charge in [0.2, 0.25) is 0 Å². The third kappa shape index (κ3) is 3.84. The van der Waals surface area contributed by atoms with E-state index in [1.54, 1.807) is 18.2 Å². The molecular formula is C16H17BrN2O. The van der Waals surface area contributed by atoms with E-state index < -0.39 is 0 Å². The Labute approximate surface area is 127 Å². The Bertz CT molecular complexity index is 584. The predicted octanol–water partition coefficient (Wildman–Crippen LogP) is 3.39. The van der Waals surface area contributed by atoms with Crippen molar-refractivity contribution in [2.75, 3.05) is 12.3 Å². The first-order valence-corrected chi connectivity index (χ1v) is 7.34. The second-order valence-electron chi connectivity index (χ2n) is 4.55. The minimum atomic E-state index is -0.0998. The SMILES string of the molecule is Nc1cccc(C(=O)NCCCc2ccccc2)c1Br. The number of hydrogen-bond donors (Lipinski definition) is 2. The number of halogens is 1. The summed E-state index contributed by atoms with van der Waals surface area (Å²) < 4.78 is 0.653. The summed E-state index contributed by atoms with van der Waals surface area (Å²) in [6.07, 6.45) is 1.87. The normalized spacial score (nSPS) is 10.2. The van der Waals surface area contributed by atoms with Crippen LogP contribution in [0.3, 0.4) is 0 Å². The van der Waals surface area contributed by atoms with Crippen LogP contribution in [0.4, 0.5) is 5.69 Å². The molecule has 0 bridgehead atoms. The Hall–Kier alpha value is -1.81. The molecule has 2 rings (SSSR count). The van der Waals surface area contributed by atoms with Crippen molar-refractivity contribution >= 4 is 27.5 Å². The van der Waals surface area contributed by atoms with Crippen molar-refractivity contribution in [3.05, 3.63) is 64.1 Å². The van der Waals surface area contributed by atoms with Gasteiger partial charge in [-0.05, 0) is 46.5 Å². The summed E-state index contributed by atoms with van der Waals surface area (Å²) in [5, 5.41) is 2.91. The van der Waals surface area contributed by atoms with Crippen molar-refractivity contribution < 1.29 is 4.79 Å². The molecule has 2 aromatic rings. The van der Waals surface area contributed by atoms with Crippen molar-refractivity contribution in [1.29, 1.82) is 0 Å². The number of nitrogens with one attached hydrogen (secondary N) is 1. The van der Waals surface area contributed by atoms with Crippen LogP contribution in [0.5, 0.6) is 0 Å². The fraction of sp³-hybridized carbons (Fsp3) is 0.188. The number of nitrogens with two attached hydrogens (primary N) is 1. The number of carbonyl (C=O) groups excluding carboxylic acids is 1. The highest BCUT2D eigenvalue weighted by molar-refractivity contribution is 9.10. The van der Waals surface area contributed by atoms with E-state index in [2.05, 4.69) is 33.4 Å². The van der Waals surface area contributed by atoms with Gasteiger partial charge in [-0.25, -0.2) is 0 Å². The van der Waals surface area contributed by atoms with Gasteiger partial charge in [-0.2, -0.15) is 0 Å². The van der Waals surface area contributed by atoms with Crippen LogP contribution in [0.25, 0.3) is 0 Å². The van der Waals surface area contributed by atoms with Crippen molar-refractivity contribution in [1.82, 2.24) is 5.32 Å². The minimum Gasteiger partial charge on any atom is -0.398 e. The van der Waals surface area contributed by atoms with Gasteiger partial charge in [0, 0.05) is 12.2 Å². The largest absolute Gasteiger partial charge is 0.398 e. The monoisotopic (exact) mass is 332 g/mol. The number of benzene rings is 2. The van der Waals surface area contributed by atoms with Crippen molar-refractivity contribution in [3.63, 3.8) is 0 Å². The molecule has 0 aliphatic rings. The zero-order valence-electron chi connectivity index (χ0n) is 11.1. The molecule has 0 atom stereocenters. The summed E-state index contributed by atoms with van der Waals surface area (Å²) in [7, 11) is 0. The topological polar surface area (TPSA) is 55.1 Å². The molecule has 0 fully saturated rings. The van der Waals surface area contributed by atoms with E-state index in [4.69, 9.17) is 5.73 Å². The van der Waals surface area contributed by atoms with E-state index in [0.717, 1.165) is 12.8 Å². The first kappa shape index (κ1) is 14.6. The van der Waals surface area contributed by atoms with Crippen LogP contribution < -0.4 is 11.1 Å². The van der Waals surface area contributed by atoms with Gasteiger partial charge in [0.15, 0.2) is 0 Å². The van der Waals surface area contributed by atoms with Gasteiger partial charge in [0.05, 0.1) is 10.0 Å². The second-order valence-corrected chi connectivity index (χ2v) is 5.35. The molecule has 0 saturated heterocycles. The zero-order valence-corrected chi connectivity index (χ0v) is 12.7. The molecule has 0 saturated carbocycles. The average Bonchev–Trinajstić information content (AvgIpc) is 2.47. The number of nitrogen functional groups attached to an aromatic ring is 1. The standard InChI is InChI=1S/C16H17BrN2O/c17-15-13(9-4-10-14(15)18)16(20)19-11-5-8-12-6-2-1-3-7-12/h1-4,6-7,9-10H,5,8,11,18H2,(H,19,20). The number of aryl methyl sites for hydroxylation is 1. The predicted molar refractivity (Wildman–Crippen MR) is 85.7 cm³/mol. The maximum absolute atomic E-state index is 12.0. The Morgan fingerprint density at radius 2 is 1.85 bits per heavy atom. The Kier molecular flexibility index (Phi) is 5.18. The van der Waals surface area contributed by atoms with Crippen molar-refractivity contribution in [2.45, 2.75) is 12.8 Å². The third-order valence-corrected chi connectivity index (χ3v) is 3.93. The van der Waals surface area contributed by atoms with Gasteiger partial charge in [0.25, 0.3) is 5.91 Å². The fourth-order valence-corrected chi connectivity index (χ4v) is 2.40. The highest BCUT2D eigenvalue weighted by Gasteiger charge is 2.10. The highest BCUT2D eigenvalue weighted by Crippen LogP contribution is 2.23. The van der Waals surface area contributed by atoms with E-state index in [-0.39, 0.29) is 5.91 Å². The van der Waals surface area contributed by atoms with Gasteiger partial charge < -0.3 is 11.1 Å². The van der Waals surface area contributed by atoms with Crippen LogP contribution in [0.1, 0.15) is 22.3 Å². The Balaban J connectivity index is 1.82. The van der Waals surface area contributed by atoms with E-state index in [1.807, 2.05) is 18.2 Å². The molecule has 0 heterocycles. The molecule has 0 unspecified atom stereocenters. The molecule has 0 aromatic heterocycles. The lowest BCUT2D eigenvalue weighted by atomic mass is 10.1. The van der Waals surface area contributed by atoms with E-state index in [0.29, 0.717) is 22.3 Å². The van der Waals surface area contributed by atoms with Gasteiger partial charge >= 0.3 is 0 Å². The van der Waals surface area contributed by atoms with Crippen LogP contribution >= 0.6 is 15.9 Å². The number of carbonyl (C=O) groups is 1. The lowest BCUT2D eigenvalue weighted by Gasteiger charge is -2.08. The van der Waals surface area contributed by atoms with E-state index >= 15 is 0 Å². The van der Waals surface area contributed by atoms with Crippen LogP contribution in [0, 0.1) is 0 Å². The Morgan fingerprint density at radius 1 is 1.10 bits per heavy atom. The Morgan fingerprint density at radius 3 is 2.60 bits per heavy atom. The number of anilines is 1. The molecule has 0 spiro atoms. The summed E-state index contributed by atoms with van der Waals surface area (Å²) in [5.74, 6) is -0.0998. The van der Waals surface area contributed by atoms with Crippen molar-refractivity contribution in [2.24, 2.45) is 0 Å². The molecule has 4 heteroatoms. The average molecular weight is 333 g/mol. The molecular weight excluding hydrogens is 316 g/mol. The van der Waals surface area contributed by atoms with Crippen LogP contribution in [-0.4, -0.2) is 12.5 Å². The summed E-state index contributed by atoms with van der Waals surface area (Å²) in [5.41, 5.74) is 8.19. The lowest BCUT2D eigenvalue weighted by molar-refractivity contribution is 0.0952. The van der Waals surface area contributed by atoms with Gasteiger partial charge in [-0.3, -0.25) is 4.79 Å². The fourth-order valence-electron chi connectivity index (χ4n) is 1.96. The maximum Gasteiger partial charge on any atom is 0.252 e. The summed E-state index contributed by atoms with van der Waals surface area (Å²) in [4.78, 5) is 12.0. The summed E-state index contributed by atoms with van der Waals surface area (Å²) in [6.45, 7) is 0.648. The molecule has 2 aromatic carbocycles. The quantitative estimate of drug-likeness (QED) is 0.651. The maximum atomic E-state index is 12.0. The van der Waals surface area contributed by atoms with Crippen LogP contribution in [0.2, 0.25) is 0 Å². The van der Waals surface area contributed by atoms with Gasteiger partial charge in [-0.15, -0.1) is 0 Å². The molecule has 0 aliphatic carbocycles. The molecule has 3 nitrogen and oxygen atoms in total. The van der Waals surface area contributed by atoms with Crippen LogP contribution in [-0.2, 0) is 6.42 Å². The zero-order chi connectivity index (χ0) is 14.4. The molecule has 0 radical (unpaired) electrons. The van der Waals surface area contributed by atoms with Gasteiger partial charge in [0.1, 0.15) is 0 Å². The highest BCUT2D eigenvalue weighted by atomic mass is 79.9. The third-order valence-electron chi connectivity index (χ3n) is 3.04. The lowest BCUT2D eigenvalue weighted by Crippen LogP contribution is -2.25. The summed E-state index contributed by atoms with van der Waals surface area (Å²) in [6, 6.07) is 15.5. The summed E-state index contributed by atoms with van der Waals surface area (Å²) >= 11 is 3.34. The smallest absolute Gasteiger partial charge is 0.252 e. The molecule has 1 amide bonds.